The average molecular weight is 271 g/mol. The molecule has 0 unspecified atom stereocenters. The second kappa shape index (κ2) is 13.3. The van der Waals surface area contributed by atoms with Crippen molar-refractivity contribution in [1.29, 1.82) is 0 Å². The molecule has 0 aliphatic heterocycles. The maximum absolute atomic E-state index is 2.46. The molecule has 2 heteroatoms. The van der Waals surface area contributed by atoms with Crippen molar-refractivity contribution in [3.63, 3.8) is 0 Å². The van der Waals surface area contributed by atoms with Crippen LogP contribution in [0.1, 0.15) is 51.9 Å². The number of hydrogen-bond acceptors (Lipinski definition) is 1. The summed E-state index contributed by atoms with van der Waals surface area (Å²) in [6.07, 6.45) is 10.1. The van der Waals surface area contributed by atoms with Crippen molar-refractivity contribution < 1.29 is 0 Å². The maximum Gasteiger partial charge on any atom is -0.000473 e. The van der Waals surface area contributed by atoms with Gasteiger partial charge in [-0.05, 0) is 10.8 Å². The summed E-state index contributed by atoms with van der Waals surface area (Å²) >= 11 is 2.46. The molecule has 0 aromatic carbocycles. The summed E-state index contributed by atoms with van der Waals surface area (Å²) in [5.41, 5.74) is 0. The Balaban J connectivity index is 0. The van der Waals surface area contributed by atoms with E-state index in [4.69, 9.17) is 0 Å². The molecule has 0 aromatic heterocycles. The van der Waals surface area contributed by atoms with Crippen LogP contribution >= 0.6 is 22.6 Å². The van der Waals surface area contributed by atoms with Gasteiger partial charge >= 0.3 is 0 Å². The van der Waals surface area contributed by atoms with E-state index < -0.39 is 0 Å². The Morgan fingerprint density at radius 2 is 1.27 bits per heavy atom. The summed E-state index contributed by atoms with van der Waals surface area (Å²) in [5.74, 6) is 0. The van der Waals surface area contributed by atoms with Gasteiger partial charge in [0.2, 0.25) is 0 Å². The number of hydrogen-bond donors (Lipinski definition) is 1. The molecular formula is C9H22IN. The zero-order valence-corrected chi connectivity index (χ0v) is 9.90. The first-order chi connectivity index (χ1) is 4.91. The summed E-state index contributed by atoms with van der Waals surface area (Å²) < 4.78 is 1.34. The van der Waals surface area contributed by atoms with Crippen LogP contribution in [0.25, 0.3) is 0 Å². The topological polar surface area (TPSA) is 35.0 Å². The van der Waals surface area contributed by atoms with Gasteiger partial charge in [0.05, 0.1) is 0 Å². The van der Waals surface area contributed by atoms with Crippen molar-refractivity contribution in [3.8, 4) is 0 Å². The molecule has 0 aromatic rings. The van der Waals surface area contributed by atoms with E-state index in [1.54, 1.807) is 0 Å². The molecule has 0 aliphatic carbocycles. The predicted molar refractivity (Wildman–Crippen MR) is 61.9 cm³/mol. The van der Waals surface area contributed by atoms with E-state index in [1.807, 2.05) is 0 Å². The standard InChI is InChI=1S/C9H19I.H3N/c1-2-3-4-5-6-7-8-9-10;/h2-9H2,1H3;1H3. The fraction of sp³-hybridized carbons (Fsp3) is 1.00. The molecule has 0 rings (SSSR count). The van der Waals surface area contributed by atoms with E-state index >= 15 is 0 Å². The number of rotatable bonds is 7. The lowest BCUT2D eigenvalue weighted by molar-refractivity contribution is 0.605. The molecule has 0 atom stereocenters. The van der Waals surface area contributed by atoms with Gasteiger partial charge in [0.25, 0.3) is 0 Å². The second-order valence-corrected chi connectivity index (χ2v) is 3.89. The highest BCUT2D eigenvalue weighted by Gasteiger charge is 1.87. The van der Waals surface area contributed by atoms with Crippen LogP contribution in [-0.2, 0) is 0 Å². The van der Waals surface area contributed by atoms with E-state index in [-0.39, 0.29) is 6.15 Å². The SMILES string of the molecule is CCCCCCCCCI.N. The molecule has 1 nitrogen and oxygen atoms in total. The fourth-order valence-electron chi connectivity index (χ4n) is 1.05. The van der Waals surface area contributed by atoms with Crippen molar-refractivity contribution in [2.75, 3.05) is 4.43 Å². The largest absolute Gasteiger partial charge is 0.344 e. The Kier molecular flexibility index (Phi) is 17.2. The summed E-state index contributed by atoms with van der Waals surface area (Å²) in [6.45, 7) is 2.27. The molecule has 3 N–H and O–H groups in total. The van der Waals surface area contributed by atoms with Gasteiger partial charge in [0.15, 0.2) is 0 Å². The maximum atomic E-state index is 2.46. The van der Waals surface area contributed by atoms with Crippen molar-refractivity contribution >= 4 is 22.6 Å². The summed E-state index contributed by atoms with van der Waals surface area (Å²) in [6, 6.07) is 0. The van der Waals surface area contributed by atoms with Crippen molar-refractivity contribution in [2.45, 2.75) is 51.9 Å². The van der Waals surface area contributed by atoms with Crippen LogP contribution in [0.4, 0.5) is 0 Å². The lowest BCUT2D eigenvalue weighted by atomic mass is 10.1. The van der Waals surface area contributed by atoms with Gasteiger partial charge in [0.1, 0.15) is 0 Å². The molecule has 70 valence electrons. The minimum atomic E-state index is 0. The number of alkyl halides is 1. The molecule has 0 bridgehead atoms. The smallest absolute Gasteiger partial charge is 0.000473 e. The van der Waals surface area contributed by atoms with Crippen LogP contribution in [0.5, 0.6) is 0 Å². The lowest BCUT2D eigenvalue weighted by Gasteiger charge is -1.97. The van der Waals surface area contributed by atoms with Crippen LogP contribution in [0.3, 0.4) is 0 Å². The Labute approximate surface area is 85.1 Å². The van der Waals surface area contributed by atoms with E-state index in [1.165, 1.54) is 49.4 Å². The van der Waals surface area contributed by atoms with Crippen molar-refractivity contribution in [3.05, 3.63) is 0 Å². The first kappa shape index (κ1) is 14.2. The summed E-state index contributed by atoms with van der Waals surface area (Å²) in [4.78, 5) is 0. The van der Waals surface area contributed by atoms with Gasteiger partial charge in [-0.1, -0.05) is 68.0 Å². The number of unbranched alkanes of at least 4 members (excludes halogenated alkanes) is 6. The third kappa shape index (κ3) is 13.7. The van der Waals surface area contributed by atoms with Gasteiger partial charge in [0, 0.05) is 0 Å². The normalized spacial score (nSPS) is 9.27. The van der Waals surface area contributed by atoms with Gasteiger partial charge in [-0.3, -0.25) is 0 Å². The summed E-state index contributed by atoms with van der Waals surface area (Å²) in [7, 11) is 0. The monoisotopic (exact) mass is 271 g/mol. The third-order valence-corrected chi connectivity index (χ3v) is 2.50. The Morgan fingerprint density at radius 3 is 1.73 bits per heavy atom. The van der Waals surface area contributed by atoms with Crippen LogP contribution < -0.4 is 6.15 Å². The molecule has 0 heterocycles. The highest BCUT2D eigenvalue weighted by molar-refractivity contribution is 14.1. The quantitative estimate of drug-likeness (QED) is 0.417. The van der Waals surface area contributed by atoms with Gasteiger partial charge in [-0.2, -0.15) is 0 Å². The molecule has 0 spiro atoms. The van der Waals surface area contributed by atoms with E-state index in [0.717, 1.165) is 0 Å². The van der Waals surface area contributed by atoms with Crippen LogP contribution in [0.2, 0.25) is 0 Å². The predicted octanol–water partition coefficient (Wildman–Crippen LogP) is 4.33. The minimum absolute atomic E-state index is 0. The van der Waals surface area contributed by atoms with E-state index in [0.29, 0.717) is 0 Å². The first-order valence-corrected chi connectivity index (χ1v) is 6.00. The van der Waals surface area contributed by atoms with Crippen LogP contribution in [0, 0.1) is 0 Å². The van der Waals surface area contributed by atoms with Gasteiger partial charge < -0.3 is 6.15 Å². The van der Waals surface area contributed by atoms with Gasteiger partial charge in [-0.25, -0.2) is 0 Å². The molecule has 0 aliphatic rings. The lowest BCUT2D eigenvalue weighted by Crippen LogP contribution is -1.79. The Hall–Kier alpha value is 0.690. The highest BCUT2D eigenvalue weighted by atomic mass is 127. The molecule has 11 heavy (non-hydrogen) atoms. The zero-order chi connectivity index (χ0) is 7.66. The average Bonchev–Trinajstić information content (AvgIpc) is 1.97. The van der Waals surface area contributed by atoms with Crippen molar-refractivity contribution in [2.24, 2.45) is 0 Å². The molecule has 0 radical (unpaired) electrons. The van der Waals surface area contributed by atoms with E-state index in [9.17, 15) is 0 Å². The Bertz CT molecular complexity index is 49.5. The molecule has 0 saturated heterocycles. The summed E-state index contributed by atoms with van der Waals surface area (Å²) in [5, 5.41) is 0. The van der Waals surface area contributed by atoms with E-state index in [2.05, 4.69) is 29.5 Å². The fourth-order valence-corrected chi connectivity index (χ4v) is 1.59. The van der Waals surface area contributed by atoms with Gasteiger partial charge in [-0.15, -0.1) is 0 Å². The highest BCUT2D eigenvalue weighted by Crippen LogP contribution is 2.07. The number of halogens is 1. The Morgan fingerprint density at radius 1 is 0.818 bits per heavy atom. The minimum Gasteiger partial charge on any atom is -0.344 e. The molecular weight excluding hydrogens is 249 g/mol. The van der Waals surface area contributed by atoms with Crippen LogP contribution in [0.15, 0.2) is 0 Å². The molecule has 0 fully saturated rings. The van der Waals surface area contributed by atoms with Crippen molar-refractivity contribution in [1.82, 2.24) is 6.15 Å². The zero-order valence-electron chi connectivity index (χ0n) is 7.74. The third-order valence-electron chi connectivity index (χ3n) is 1.74. The molecule has 0 saturated carbocycles. The van der Waals surface area contributed by atoms with Crippen LogP contribution in [-0.4, -0.2) is 4.43 Å². The second-order valence-electron chi connectivity index (χ2n) is 2.81. The molecule has 0 amide bonds. The first-order valence-electron chi connectivity index (χ1n) is 4.47.